The van der Waals surface area contributed by atoms with Crippen LogP contribution in [0.25, 0.3) is 0 Å². The molecule has 2 unspecified atom stereocenters. The van der Waals surface area contributed by atoms with E-state index < -0.39 is 30.0 Å². The van der Waals surface area contributed by atoms with Crippen LogP contribution in [-0.4, -0.2) is 25.8 Å². The first-order valence-corrected chi connectivity index (χ1v) is 7.02. The monoisotopic (exact) mass is 341 g/mol. The van der Waals surface area contributed by atoms with Crippen molar-refractivity contribution in [2.24, 2.45) is 0 Å². The van der Waals surface area contributed by atoms with Gasteiger partial charge >= 0.3 is 6.18 Å². The molecule has 3 heterocycles. The number of halogens is 3. The van der Waals surface area contributed by atoms with Crippen molar-refractivity contribution in [1.29, 1.82) is 0 Å². The fourth-order valence-electron chi connectivity index (χ4n) is 2.83. The number of anilines is 2. The molecule has 128 valence electrons. The van der Waals surface area contributed by atoms with E-state index in [1.54, 1.807) is 0 Å². The minimum Gasteiger partial charge on any atom is -0.373 e. The second kappa shape index (κ2) is 5.56. The largest absolute Gasteiger partial charge is 0.392 e. The highest BCUT2D eigenvalue weighted by atomic mass is 19.4. The Bertz CT molecular complexity index is 808. The number of rotatable bonds is 3. The summed E-state index contributed by atoms with van der Waals surface area (Å²) in [6.45, 7) is 1.22. The number of nitrogens with one attached hydrogen (secondary N) is 2. The molecule has 0 bridgehead atoms. The molecular formula is C14H14F3N5O2. The number of aliphatic hydroxyl groups is 1. The Hall–Kier alpha value is -2.46. The number of nitrogens with zero attached hydrogens (tertiary/aromatic N) is 3. The van der Waals surface area contributed by atoms with Crippen molar-refractivity contribution in [1.82, 2.24) is 19.9 Å². The zero-order chi connectivity index (χ0) is 17.5. The minimum absolute atomic E-state index is 0.0433. The number of hydrogen-bond donors (Lipinski definition) is 3. The van der Waals surface area contributed by atoms with Crippen molar-refractivity contribution in [3.05, 3.63) is 46.8 Å². The highest BCUT2D eigenvalue weighted by Crippen LogP contribution is 2.37. The van der Waals surface area contributed by atoms with Gasteiger partial charge in [0, 0.05) is 6.20 Å². The van der Waals surface area contributed by atoms with E-state index in [1.807, 2.05) is 0 Å². The quantitative estimate of drug-likeness (QED) is 0.785. The summed E-state index contributed by atoms with van der Waals surface area (Å²) in [5.74, 6) is 0.326. The Morgan fingerprint density at radius 3 is 2.79 bits per heavy atom. The molecule has 3 rings (SSSR count). The first-order chi connectivity index (χ1) is 11.2. The maximum Gasteiger partial charge on any atom is 0.392 e. The van der Waals surface area contributed by atoms with Crippen molar-refractivity contribution in [2.75, 3.05) is 5.32 Å². The SMILES string of the molecule is CC1(CC(F)(F)F)NC(O)c2ccc(Nc3ccncn3)c(=O)n21. The van der Waals surface area contributed by atoms with Gasteiger partial charge in [0.15, 0.2) is 0 Å². The predicted molar refractivity (Wildman–Crippen MR) is 78.4 cm³/mol. The van der Waals surface area contributed by atoms with Crippen LogP contribution in [0.3, 0.4) is 0 Å². The Balaban J connectivity index is 2.05. The predicted octanol–water partition coefficient (Wildman–Crippen LogP) is 1.60. The number of pyridine rings is 1. The second-order valence-corrected chi connectivity index (χ2v) is 5.64. The van der Waals surface area contributed by atoms with Gasteiger partial charge in [0.2, 0.25) is 0 Å². The lowest BCUT2D eigenvalue weighted by Gasteiger charge is -2.29. The lowest BCUT2D eigenvalue weighted by molar-refractivity contribution is -0.158. The van der Waals surface area contributed by atoms with E-state index in [2.05, 4.69) is 20.6 Å². The standard InChI is InChI=1S/C14H14F3N5O2/c1-13(6-14(15,16)17)21-11(23)9-3-2-8(12(24)22(9)13)20-10-4-5-18-7-19-10/h2-5,7,11,21,23H,6H2,1H3,(H,18,19,20). The maximum absolute atomic E-state index is 12.9. The van der Waals surface area contributed by atoms with Gasteiger partial charge in [0.1, 0.15) is 29.7 Å². The van der Waals surface area contributed by atoms with Gasteiger partial charge < -0.3 is 10.4 Å². The van der Waals surface area contributed by atoms with Crippen molar-refractivity contribution >= 4 is 11.5 Å². The zero-order valence-electron chi connectivity index (χ0n) is 12.5. The Labute approximate surface area is 134 Å². The molecular weight excluding hydrogens is 327 g/mol. The zero-order valence-corrected chi connectivity index (χ0v) is 12.5. The van der Waals surface area contributed by atoms with Gasteiger partial charge in [0.25, 0.3) is 5.56 Å². The van der Waals surface area contributed by atoms with Crippen molar-refractivity contribution in [3.8, 4) is 0 Å². The summed E-state index contributed by atoms with van der Waals surface area (Å²) in [6.07, 6.45) is -4.45. The molecule has 10 heteroatoms. The van der Waals surface area contributed by atoms with Crippen LogP contribution in [0.15, 0.2) is 35.5 Å². The van der Waals surface area contributed by atoms with E-state index in [9.17, 15) is 23.1 Å². The highest BCUT2D eigenvalue weighted by molar-refractivity contribution is 5.54. The summed E-state index contributed by atoms with van der Waals surface area (Å²) < 4.78 is 39.6. The topological polar surface area (TPSA) is 92.1 Å². The first-order valence-electron chi connectivity index (χ1n) is 7.02. The average Bonchev–Trinajstić information content (AvgIpc) is 2.72. The van der Waals surface area contributed by atoms with Crippen LogP contribution >= 0.6 is 0 Å². The van der Waals surface area contributed by atoms with Gasteiger partial charge in [-0.3, -0.25) is 14.7 Å². The van der Waals surface area contributed by atoms with Crippen LogP contribution in [0.2, 0.25) is 0 Å². The van der Waals surface area contributed by atoms with Crippen LogP contribution in [0.1, 0.15) is 25.3 Å². The van der Waals surface area contributed by atoms with E-state index in [0.717, 1.165) is 4.57 Å². The molecule has 0 amide bonds. The number of fused-ring (bicyclic) bond motifs is 1. The van der Waals surface area contributed by atoms with Crippen LogP contribution in [-0.2, 0) is 5.66 Å². The molecule has 2 aromatic rings. The number of aliphatic hydroxyl groups excluding tert-OH is 1. The molecule has 1 aliphatic heterocycles. The van der Waals surface area contributed by atoms with Crippen molar-refractivity contribution in [3.63, 3.8) is 0 Å². The van der Waals surface area contributed by atoms with Crippen LogP contribution in [0, 0.1) is 0 Å². The highest BCUT2D eigenvalue weighted by Gasteiger charge is 2.47. The summed E-state index contributed by atoms with van der Waals surface area (Å²) >= 11 is 0. The van der Waals surface area contributed by atoms with Gasteiger partial charge in [-0.15, -0.1) is 0 Å². The third-order valence-electron chi connectivity index (χ3n) is 3.72. The summed E-state index contributed by atoms with van der Waals surface area (Å²) in [7, 11) is 0. The Morgan fingerprint density at radius 1 is 1.42 bits per heavy atom. The normalized spacial score (nSPS) is 23.1. The van der Waals surface area contributed by atoms with E-state index in [-0.39, 0.29) is 11.4 Å². The molecule has 0 radical (unpaired) electrons. The summed E-state index contributed by atoms with van der Waals surface area (Å²) in [5.41, 5.74) is -2.36. The fraction of sp³-hybridized carbons (Fsp3) is 0.357. The molecule has 0 saturated heterocycles. The number of alkyl halides is 3. The Kier molecular flexibility index (Phi) is 3.80. The maximum atomic E-state index is 12.9. The lowest BCUT2D eigenvalue weighted by Crippen LogP contribution is -2.47. The van der Waals surface area contributed by atoms with Gasteiger partial charge in [-0.1, -0.05) is 0 Å². The Morgan fingerprint density at radius 2 is 2.17 bits per heavy atom. The van der Waals surface area contributed by atoms with Crippen LogP contribution in [0.5, 0.6) is 0 Å². The van der Waals surface area contributed by atoms with E-state index in [0.29, 0.717) is 5.82 Å². The molecule has 0 aromatic carbocycles. The van der Waals surface area contributed by atoms with Crippen molar-refractivity contribution in [2.45, 2.75) is 31.4 Å². The molecule has 0 aliphatic carbocycles. The van der Waals surface area contributed by atoms with Gasteiger partial charge in [-0.25, -0.2) is 9.97 Å². The molecule has 24 heavy (non-hydrogen) atoms. The van der Waals surface area contributed by atoms with E-state index in [1.165, 1.54) is 37.6 Å². The smallest absolute Gasteiger partial charge is 0.373 e. The molecule has 1 aliphatic rings. The van der Waals surface area contributed by atoms with Crippen molar-refractivity contribution < 1.29 is 18.3 Å². The molecule has 7 nitrogen and oxygen atoms in total. The molecule has 0 fully saturated rings. The molecule has 0 spiro atoms. The molecule has 2 atom stereocenters. The molecule has 0 saturated carbocycles. The first kappa shape index (κ1) is 16.4. The van der Waals surface area contributed by atoms with Crippen LogP contribution in [0.4, 0.5) is 24.7 Å². The van der Waals surface area contributed by atoms with E-state index in [4.69, 9.17) is 0 Å². The van der Waals surface area contributed by atoms with E-state index >= 15 is 0 Å². The molecule has 3 N–H and O–H groups in total. The van der Waals surface area contributed by atoms with Gasteiger partial charge in [-0.05, 0) is 25.1 Å². The van der Waals surface area contributed by atoms with Crippen LogP contribution < -0.4 is 16.2 Å². The third kappa shape index (κ3) is 2.97. The summed E-state index contributed by atoms with van der Waals surface area (Å²) in [5, 5.41) is 15.1. The molecule has 2 aromatic heterocycles. The summed E-state index contributed by atoms with van der Waals surface area (Å²) in [6, 6.07) is 4.30. The summed E-state index contributed by atoms with van der Waals surface area (Å²) in [4.78, 5) is 20.3. The fourth-order valence-corrected chi connectivity index (χ4v) is 2.83. The third-order valence-corrected chi connectivity index (χ3v) is 3.72. The minimum atomic E-state index is -4.52. The lowest BCUT2D eigenvalue weighted by atomic mass is 10.1. The number of aromatic nitrogens is 3. The van der Waals surface area contributed by atoms with Gasteiger partial charge in [-0.2, -0.15) is 13.2 Å². The second-order valence-electron chi connectivity index (χ2n) is 5.64. The average molecular weight is 341 g/mol. The van der Waals surface area contributed by atoms with Gasteiger partial charge in [0.05, 0.1) is 12.1 Å². The number of hydrogen-bond acceptors (Lipinski definition) is 6.